The molecule has 6 heteroatoms. The summed E-state index contributed by atoms with van der Waals surface area (Å²) >= 11 is 0. The Morgan fingerprint density at radius 3 is 1.52 bits per heavy atom. The molecule has 0 fully saturated rings. The van der Waals surface area contributed by atoms with Gasteiger partial charge in [-0.25, -0.2) is 15.0 Å². The summed E-state index contributed by atoms with van der Waals surface area (Å²) in [5.41, 5.74) is 13.5. The van der Waals surface area contributed by atoms with Gasteiger partial charge in [-0.05, 0) is 70.8 Å². The molecule has 0 unspecified atom stereocenters. The average Bonchev–Trinajstić information content (AvgIpc) is 4.04. The first-order valence-corrected chi connectivity index (χ1v) is 21.1. The molecule has 0 saturated heterocycles. The Morgan fingerprint density at radius 1 is 0.302 bits per heavy atom. The predicted octanol–water partition coefficient (Wildman–Crippen LogP) is 15.1. The van der Waals surface area contributed by atoms with Crippen LogP contribution in [0.1, 0.15) is 0 Å². The van der Waals surface area contributed by atoms with Crippen LogP contribution in [0, 0.1) is 0 Å². The lowest BCUT2D eigenvalue weighted by molar-refractivity contribution is 0.668. The summed E-state index contributed by atoms with van der Waals surface area (Å²) in [5, 5.41) is 6.43. The number of rotatable bonds is 6. The molecule has 4 aromatic heterocycles. The molecule has 0 radical (unpaired) electrons. The van der Waals surface area contributed by atoms with E-state index in [0.717, 1.165) is 99.5 Å². The Labute approximate surface area is 361 Å². The number of hydrogen-bond donors (Lipinski definition) is 0. The summed E-state index contributed by atoms with van der Waals surface area (Å²) in [6, 6.07) is 71.4. The van der Waals surface area contributed by atoms with E-state index in [1.54, 1.807) is 0 Å². The van der Waals surface area contributed by atoms with E-state index in [1.165, 1.54) is 10.8 Å². The number of nitrogens with zero attached hydrogens (tertiary/aromatic N) is 4. The van der Waals surface area contributed by atoms with Gasteiger partial charge in [-0.1, -0.05) is 158 Å². The summed E-state index contributed by atoms with van der Waals surface area (Å²) in [7, 11) is 0. The number of aromatic nitrogens is 4. The molecule has 0 atom stereocenters. The van der Waals surface area contributed by atoms with Crippen molar-refractivity contribution in [2.24, 2.45) is 0 Å². The van der Waals surface area contributed by atoms with E-state index in [0.29, 0.717) is 17.5 Å². The highest BCUT2D eigenvalue weighted by Crippen LogP contribution is 2.43. The van der Waals surface area contributed by atoms with Gasteiger partial charge in [0.15, 0.2) is 17.5 Å². The van der Waals surface area contributed by atoms with Crippen molar-refractivity contribution < 1.29 is 8.83 Å². The zero-order chi connectivity index (χ0) is 41.4. The first-order valence-electron chi connectivity index (χ1n) is 21.1. The van der Waals surface area contributed by atoms with E-state index >= 15 is 0 Å². The van der Waals surface area contributed by atoms with Gasteiger partial charge in [0, 0.05) is 43.6 Å². The van der Waals surface area contributed by atoms with Gasteiger partial charge in [-0.15, -0.1) is 0 Å². The van der Waals surface area contributed by atoms with Crippen molar-refractivity contribution in [3.8, 4) is 62.1 Å². The van der Waals surface area contributed by atoms with E-state index in [4.69, 9.17) is 23.8 Å². The van der Waals surface area contributed by atoms with E-state index in [1.807, 2.05) is 42.5 Å². The van der Waals surface area contributed by atoms with Crippen LogP contribution in [0.25, 0.3) is 128 Å². The van der Waals surface area contributed by atoms with Crippen molar-refractivity contribution in [3.05, 3.63) is 206 Å². The van der Waals surface area contributed by atoms with Crippen LogP contribution in [0.3, 0.4) is 0 Å². The number of para-hydroxylation sites is 2. The first-order chi connectivity index (χ1) is 31.2. The summed E-state index contributed by atoms with van der Waals surface area (Å²) in [6.45, 7) is 0. The molecule has 0 aliphatic carbocycles. The Morgan fingerprint density at radius 2 is 0.810 bits per heavy atom. The second kappa shape index (κ2) is 14.0. The average molecular weight is 807 g/mol. The fourth-order valence-electron chi connectivity index (χ4n) is 9.42. The molecule has 0 spiro atoms. The molecule has 0 aliphatic rings. The molecule has 63 heavy (non-hydrogen) atoms. The SMILES string of the molecule is c1ccc(-c2ccc(-c3nc(-c4ccc5c(c4)oc4cccc(-c6ccccc6)c45)nc(-c4cccc5oc6cccc(-n7c8ccccc8c8ccccc87)c6c45)n3)cc2)cc1. The zero-order valence-corrected chi connectivity index (χ0v) is 33.7. The number of benzene rings is 9. The second-order valence-electron chi connectivity index (χ2n) is 15.9. The Hall–Kier alpha value is -8.61. The lowest BCUT2D eigenvalue weighted by atomic mass is 9.99. The molecule has 0 N–H and O–H groups in total. The fourth-order valence-corrected chi connectivity index (χ4v) is 9.42. The molecule has 9 aromatic carbocycles. The van der Waals surface area contributed by atoms with Gasteiger partial charge < -0.3 is 13.4 Å². The van der Waals surface area contributed by atoms with Crippen LogP contribution in [-0.2, 0) is 0 Å². The maximum absolute atomic E-state index is 6.68. The highest BCUT2D eigenvalue weighted by Gasteiger charge is 2.23. The number of furan rings is 2. The minimum atomic E-state index is 0.542. The second-order valence-corrected chi connectivity index (χ2v) is 15.9. The van der Waals surface area contributed by atoms with Gasteiger partial charge in [0.1, 0.15) is 22.3 Å². The minimum absolute atomic E-state index is 0.542. The van der Waals surface area contributed by atoms with E-state index in [2.05, 4.69) is 168 Å². The topological polar surface area (TPSA) is 69.9 Å². The lowest BCUT2D eigenvalue weighted by Crippen LogP contribution is -2.01. The summed E-state index contributed by atoms with van der Waals surface area (Å²) in [6.07, 6.45) is 0. The Kier molecular flexibility index (Phi) is 7.80. The van der Waals surface area contributed by atoms with Crippen molar-refractivity contribution in [1.29, 1.82) is 0 Å². The smallest absolute Gasteiger partial charge is 0.164 e. The highest BCUT2D eigenvalue weighted by atomic mass is 16.3. The third-order valence-electron chi connectivity index (χ3n) is 12.3. The van der Waals surface area contributed by atoms with Crippen LogP contribution in [0.4, 0.5) is 0 Å². The van der Waals surface area contributed by atoms with E-state index in [9.17, 15) is 0 Å². The molecule has 4 heterocycles. The van der Waals surface area contributed by atoms with Crippen molar-refractivity contribution in [2.75, 3.05) is 0 Å². The van der Waals surface area contributed by atoms with Gasteiger partial charge in [0.25, 0.3) is 0 Å². The Balaban J connectivity index is 1.04. The van der Waals surface area contributed by atoms with Crippen molar-refractivity contribution in [1.82, 2.24) is 19.5 Å². The standard InChI is InChI=1S/C57H34N4O2/c1-3-14-35(15-4-1)36-28-30-38(31-29-36)55-58-56(39-32-33-43-51(34-39)63-48-25-11-20-40(52(43)48)37-16-5-2-6-17-37)60-57(59-55)44-21-12-26-49-53(44)54-47(24-13-27-50(54)62-49)61-45-22-9-7-18-41(45)42-19-8-10-23-46(42)61/h1-34H. The largest absolute Gasteiger partial charge is 0.456 e. The first kappa shape index (κ1) is 35.2. The molecule has 0 aliphatic heterocycles. The minimum Gasteiger partial charge on any atom is -0.456 e. The molecule has 0 bridgehead atoms. The Bertz CT molecular complexity index is 3850. The monoisotopic (exact) mass is 806 g/mol. The molecule has 13 rings (SSSR count). The quantitative estimate of drug-likeness (QED) is 0.167. The van der Waals surface area contributed by atoms with Crippen LogP contribution in [0.5, 0.6) is 0 Å². The van der Waals surface area contributed by atoms with Crippen molar-refractivity contribution >= 4 is 65.7 Å². The van der Waals surface area contributed by atoms with Crippen LogP contribution in [-0.4, -0.2) is 19.5 Å². The van der Waals surface area contributed by atoms with Crippen LogP contribution < -0.4 is 0 Å². The maximum atomic E-state index is 6.68. The molecule has 0 amide bonds. The maximum Gasteiger partial charge on any atom is 0.164 e. The van der Waals surface area contributed by atoms with Crippen LogP contribution in [0.15, 0.2) is 215 Å². The number of fused-ring (bicyclic) bond motifs is 9. The fraction of sp³-hybridized carbons (Fsp3) is 0. The third kappa shape index (κ3) is 5.62. The summed E-state index contributed by atoms with van der Waals surface area (Å²) in [4.78, 5) is 15.8. The van der Waals surface area contributed by atoms with Crippen LogP contribution >= 0.6 is 0 Å². The lowest BCUT2D eigenvalue weighted by Gasteiger charge is -2.12. The van der Waals surface area contributed by atoms with Gasteiger partial charge >= 0.3 is 0 Å². The zero-order valence-electron chi connectivity index (χ0n) is 33.7. The molecule has 13 aromatic rings. The van der Waals surface area contributed by atoms with Crippen molar-refractivity contribution in [2.45, 2.75) is 0 Å². The molecular formula is C57H34N4O2. The summed E-state index contributed by atoms with van der Waals surface area (Å²) < 4.78 is 15.6. The predicted molar refractivity (Wildman–Crippen MR) is 256 cm³/mol. The number of hydrogen-bond acceptors (Lipinski definition) is 5. The normalized spacial score (nSPS) is 11.8. The van der Waals surface area contributed by atoms with Crippen LogP contribution in [0.2, 0.25) is 0 Å². The molecule has 6 nitrogen and oxygen atoms in total. The molecule has 294 valence electrons. The third-order valence-corrected chi connectivity index (χ3v) is 12.3. The van der Waals surface area contributed by atoms with Gasteiger partial charge in [0.2, 0.25) is 0 Å². The van der Waals surface area contributed by atoms with E-state index < -0.39 is 0 Å². The van der Waals surface area contributed by atoms with Crippen molar-refractivity contribution in [3.63, 3.8) is 0 Å². The molecule has 0 saturated carbocycles. The van der Waals surface area contributed by atoms with E-state index in [-0.39, 0.29) is 0 Å². The molecular weight excluding hydrogens is 773 g/mol. The van der Waals surface area contributed by atoms with Gasteiger partial charge in [-0.2, -0.15) is 0 Å². The van der Waals surface area contributed by atoms with Gasteiger partial charge in [-0.3, -0.25) is 0 Å². The highest BCUT2D eigenvalue weighted by molar-refractivity contribution is 6.18. The summed E-state index contributed by atoms with van der Waals surface area (Å²) in [5.74, 6) is 1.65. The van der Waals surface area contributed by atoms with Gasteiger partial charge in [0.05, 0.1) is 22.1 Å².